The summed E-state index contributed by atoms with van der Waals surface area (Å²) in [5.41, 5.74) is 4.31. The highest BCUT2D eigenvalue weighted by atomic mass is 16.5. The third-order valence-electron chi connectivity index (χ3n) is 6.20. The maximum Gasteiger partial charge on any atom is 0.475 e. The van der Waals surface area contributed by atoms with Gasteiger partial charge in [-0.25, -0.2) is 4.79 Å². The predicted molar refractivity (Wildman–Crippen MR) is 139 cm³/mol. The SMILES string of the molecule is N#CC(CCc1cccc(CCOC(=O)N[C@@H](Cc2coc3ccccc23)B(O)O)c1)c1ccccn1. The van der Waals surface area contributed by atoms with Crippen molar-refractivity contribution in [2.75, 3.05) is 6.61 Å². The number of carbonyl (C=O) groups excluding carboxylic acids is 1. The summed E-state index contributed by atoms with van der Waals surface area (Å²) >= 11 is 0. The second kappa shape index (κ2) is 12.7. The van der Waals surface area contributed by atoms with Crippen LogP contribution in [-0.2, 0) is 24.0 Å². The number of nitriles is 1. The van der Waals surface area contributed by atoms with Crippen molar-refractivity contribution >= 4 is 24.2 Å². The summed E-state index contributed by atoms with van der Waals surface area (Å²) < 4.78 is 10.8. The van der Waals surface area contributed by atoms with Gasteiger partial charge in [0.1, 0.15) is 5.58 Å². The van der Waals surface area contributed by atoms with Crippen LogP contribution in [0.25, 0.3) is 11.0 Å². The molecule has 9 heteroatoms. The highest BCUT2D eigenvalue weighted by molar-refractivity contribution is 6.43. The summed E-state index contributed by atoms with van der Waals surface area (Å²) in [6.07, 6.45) is 4.58. The van der Waals surface area contributed by atoms with E-state index in [1.165, 1.54) is 0 Å². The highest BCUT2D eigenvalue weighted by Crippen LogP contribution is 2.22. The summed E-state index contributed by atoms with van der Waals surface area (Å²) in [5, 5.41) is 32.5. The van der Waals surface area contributed by atoms with Gasteiger partial charge in [0.25, 0.3) is 0 Å². The lowest BCUT2D eigenvalue weighted by Crippen LogP contribution is -2.48. The van der Waals surface area contributed by atoms with Crippen LogP contribution in [0.3, 0.4) is 0 Å². The molecule has 0 aliphatic rings. The Morgan fingerprint density at radius 1 is 1.08 bits per heavy atom. The molecule has 0 bridgehead atoms. The fourth-order valence-corrected chi connectivity index (χ4v) is 4.23. The normalized spacial score (nSPS) is 12.5. The Balaban J connectivity index is 1.26. The number of fused-ring (bicyclic) bond motifs is 1. The second-order valence-corrected chi connectivity index (χ2v) is 8.81. The maximum absolute atomic E-state index is 12.3. The van der Waals surface area contributed by atoms with E-state index in [0.717, 1.165) is 34.2 Å². The molecule has 2 aromatic heterocycles. The average molecular weight is 497 g/mol. The van der Waals surface area contributed by atoms with Gasteiger partial charge < -0.3 is 24.5 Å². The highest BCUT2D eigenvalue weighted by Gasteiger charge is 2.27. The van der Waals surface area contributed by atoms with Gasteiger partial charge in [-0.2, -0.15) is 5.26 Å². The second-order valence-electron chi connectivity index (χ2n) is 8.81. The topological polar surface area (TPSA) is 129 Å². The molecule has 2 aromatic carbocycles. The standard InChI is InChI=1S/C28H28BN3O5/c30-18-22(25-9-3-4-14-31-25)12-11-20-6-5-7-21(16-20)13-15-36-28(33)32-27(29(34)35)17-23-19-37-26-10-2-1-8-24(23)26/h1-10,14,16,19,22,27,34-35H,11-13,15,17H2,(H,32,33)/t22?,27-/m0/s1. The lowest BCUT2D eigenvalue weighted by Gasteiger charge is -2.17. The number of nitrogens with one attached hydrogen (secondary N) is 1. The average Bonchev–Trinajstić information content (AvgIpc) is 3.32. The Labute approximate surface area is 215 Å². The lowest BCUT2D eigenvalue weighted by molar-refractivity contribution is 0.144. The molecule has 188 valence electrons. The Morgan fingerprint density at radius 3 is 2.62 bits per heavy atom. The summed E-state index contributed by atoms with van der Waals surface area (Å²) in [4.78, 5) is 16.6. The van der Waals surface area contributed by atoms with Crippen LogP contribution in [0.5, 0.6) is 0 Å². The van der Waals surface area contributed by atoms with Crippen LogP contribution >= 0.6 is 0 Å². The van der Waals surface area contributed by atoms with Gasteiger partial charge in [-0.3, -0.25) is 4.98 Å². The number of nitrogens with zero attached hydrogens (tertiary/aromatic N) is 2. The number of carbonyl (C=O) groups is 1. The van der Waals surface area contributed by atoms with Gasteiger partial charge in [-0.1, -0.05) is 48.5 Å². The molecule has 0 aliphatic carbocycles. The fraction of sp³-hybridized carbons (Fsp3) is 0.250. The zero-order valence-electron chi connectivity index (χ0n) is 20.3. The van der Waals surface area contributed by atoms with Crippen LogP contribution in [0.4, 0.5) is 4.79 Å². The molecule has 0 saturated carbocycles. The van der Waals surface area contributed by atoms with E-state index in [-0.39, 0.29) is 18.9 Å². The van der Waals surface area contributed by atoms with Crippen molar-refractivity contribution in [2.24, 2.45) is 0 Å². The molecule has 3 N–H and O–H groups in total. The number of furan rings is 1. The van der Waals surface area contributed by atoms with Crippen LogP contribution in [0.1, 0.15) is 34.7 Å². The molecule has 37 heavy (non-hydrogen) atoms. The fourth-order valence-electron chi connectivity index (χ4n) is 4.23. The van der Waals surface area contributed by atoms with Crippen molar-refractivity contribution in [3.8, 4) is 6.07 Å². The molecule has 2 heterocycles. The van der Waals surface area contributed by atoms with Gasteiger partial charge in [-0.15, -0.1) is 0 Å². The summed E-state index contributed by atoms with van der Waals surface area (Å²) in [7, 11) is -1.76. The number of para-hydroxylation sites is 1. The van der Waals surface area contributed by atoms with Crippen molar-refractivity contribution in [3.05, 3.63) is 102 Å². The third kappa shape index (κ3) is 7.20. The number of hydrogen-bond acceptors (Lipinski definition) is 7. The first-order chi connectivity index (χ1) is 18.0. The van der Waals surface area contributed by atoms with Crippen LogP contribution in [0.15, 0.2) is 83.6 Å². The molecule has 1 unspecified atom stereocenters. The summed E-state index contributed by atoms with van der Waals surface area (Å²) in [6, 6.07) is 23.3. The Bertz CT molecular complexity index is 1350. The molecule has 0 radical (unpaired) electrons. The number of hydrogen-bond donors (Lipinski definition) is 3. The van der Waals surface area contributed by atoms with E-state index in [1.807, 2.05) is 66.7 Å². The van der Waals surface area contributed by atoms with E-state index in [4.69, 9.17) is 9.15 Å². The van der Waals surface area contributed by atoms with Crippen LogP contribution in [0, 0.1) is 11.3 Å². The van der Waals surface area contributed by atoms with Crippen molar-refractivity contribution in [1.82, 2.24) is 10.3 Å². The minimum absolute atomic E-state index is 0.132. The van der Waals surface area contributed by atoms with E-state index in [0.29, 0.717) is 18.4 Å². The minimum atomic E-state index is -1.76. The Kier molecular flexibility index (Phi) is 8.92. The predicted octanol–water partition coefficient (Wildman–Crippen LogP) is 3.96. The monoisotopic (exact) mass is 497 g/mol. The zero-order chi connectivity index (χ0) is 26.0. The van der Waals surface area contributed by atoms with Gasteiger partial charge in [0, 0.05) is 18.0 Å². The van der Waals surface area contributed by atoms with Crippen molar-refractivity contribution in [1.29, 1.82) is 5.26 Å². The number of amides is 1. The van der Waals surface area contributed by atoms with Gasteiger partial charge in [-0.05, 0) is 54.2 Å². The van der Waals surface area contributed by atoms with Crippen LogP contribution in [-0.4, -0.2) is 40.8 Å². The van der Waals surface area contributed by atoms with Gasteiger partial charge >= 0.3 is 13.2 Å². The molecule has 0 spiro atoms. The first-order valence-electron chi connectivity index (χ1n) is 12.2. The molecular weight excluding hydrogens is 469 g/mol. The minimum Gasteiger partial charge on any atom is -0.464 e. The van der Waals surface area contributed by atoms with Crippen molar-refractivity contribution in [3.63, 3.8) is 0 Å². The molecule has 1 amide bonds. The number of ether oxygens (including phenoxy) is 1. The molecule has 0 saturated heterocycles. The number of aromatic nitrogens is 1. The summed E-state index contributed by atoms with van der Waals surface area (Å²) in [5.74, 6) is -1.23. The van der Waals surface area contributed by atoms with Crippen molar-refractivity contribution in [2.45, 2.75) is 37.5 Å². The molecule has 0 aliphatic heterocycles. The van der Waals surface area contributed by atoms with Gasteiger partial charge in [0.15, 0.2) is 0 Å². The molecule has 2 atom stereocenters. The molecular formula is C28H28BN3O5. The van der Waals surface area contributed by atoms with E-state index in [1.54, 1.807) is 12.5 Å². The largest absolute Gasteiger partial charge is 0.475 e. The molecule has 4 aromatic rings. The summed E-state index contributed by atoms with van der Waals surface area (Å²) in [6.45, 7) is 0.132. The number of pyridine rings is 1. The number of alkyl carbamates (subject to hydrolysis) is 1. The lowest BCUT2D eigenvalue weighted by atomic mass is 9.76. The molecule has 4 rings (SSSR count). The maximum atomic E-state index is 12.3. The first-order valence-corrected chi connectivity index (χ1v) is 12.2. The number of benzene rings is 2. The quantitative estimate of drug-likeness (QED) is 0.268. The smallest absolute Gasteiger partial charge is 0.464 e. The molecule has 0 fully saturated rings. The van der Waals surface area contributed by atoms with Crippen molar-refractivity contribution < 1.29 is 24.0 Å². The van der Waals surface area contributed by atoms with E-state index >= 15 is 0 Å². The first kappa shape index (κ1) is 26.0. The molecule has 8 nitrogen and oxygen atoms in total. The van der Waals surface area contributed by atoms with E-state index in [9.17, 15) is 20.1 Å². The van der Waals surface area contributed by atoms with Crippen LogP contribution < -0.4 is 5.32 Å². The van der Waals surface area contributed by atoms with Crippen LogP contribution in [0.2, 0.25) is 0 Å². The van der Waals surface area contributed by atoms with E-state index in [2.05, 4.69) is 16.4 Å². The third-order valence-corrected chi connectivity index (χ3v) is 6.20. The van der Waals surface area contributed by atoms with Gasteiger partial charge in [0.05, 0.1) is 36.5 Å². The zero-order valence-corrected chi connectivity index (χ0v) is 20.3. The number of aryl methyl sites for hydroxylation is 1. The Morgan fingerprint density at radius 2 is 1.86 bits per heavy atom. The van der Waals surface area contributed by atoms with Gasteiger partial charge in [0.2, 0.25) is 0 Å². The van der Waals surface area contributed by atoms with E-state index < -0.39 is 19.2 Å². The number of rotatable bonds is 11. The Hall–Kier alpha value is -4.13.